The number of halogens is 3. The summed E-state index contributed by atoms with van der Waals surface area (Å²) in [4.78, 5) is 11.4. The van der Waals surface area contributed by atoms with Crippen molar-refractivity contribution in [1.82, 2.24) is 14.3 Å². The van der Waals surface area contributed by atoms with Crippen molar-refractivity contribution >= 4 is 27.6 Å². The fourth-order valence-corrected chi connectivity index (χ4v) is 5.82. The highest BCUT2D eigenvalue weighted by Gasteiger charge is 2.33. The quantitative estimate of drug-likeness (QED) is 0.474. The van der Waals surface area contributed by atoms with E-state index in [4.69, 9.17) is 21.3 Å². The minimum absolute atomic E-state index is 0.0429. The average Bonchev–Trinajstić information content (AvgIpc) is 2.86. The third kappa shape index (κ3) is 4.96. The number of hydrogen-bond acceptors (Lipinski definition) is 6. The number of anilines is 1. The largest absolute Gasteiger partial charge is 0.435 e. The average molecular weight is 521 g/mol. The van der Waals surface area contributed by atoms with Gasteiger partial charge in [0.1, 0.15) is 5.82 Å². The maximum atomic E-state index is 14.4. The molecule has 3 heterocycles. The monoisotopic (exact) mass is 520 g/mol. The van der Waals surface area contributed by atoms with Crippen molar-refractivity contribution in [2.45, 2.75) is 37.1 Å². The molecule has 0 unspecified atom stereocenters. The first-order valence-corrected chi connectivity index (χ1v) is 13.2. The van der Waals surface area contributed by atoms with E-state index in [-0.39, 0.29) is 29.6 Å². The minimum atomic E-state index is -3.83. The molecule has 0 saturated carbocycles. The number of nitrogens with zero attached hydrogens (tertiary/aromatic N) is 4. The summed E-state index contributed by atoms with van der Waals surface area (Å²) in [6.45, 7) is 1.76. The molecule has 0 N–H and O–H groups in total. The van der Waals surface area contributed by atoms with Crippen molar-refractivity contribution < 1.29 is 21.9 Å². The van der Waals surface area contributed by atoms with Crippen molar-refractivity contribution in [3.63, 3.8) is 0 Å². The van der Waals surface area contributed by atoms with Crippen LogP contribution in [0.3, 0.4) is 0 Å². The van der Waals surface area contributed by atoms with Crippen LogP contribution in [-0.4, -0.2) is 42.3 Å². The van der Waals surface area contributed by atoms with Gasteiger partial charge in [0.15, 0.2) is 11.6 Å². The predicted molar refractivity (Wildman–Crippen MR) is 127 cm³/mol. The molecule has 5 rings (SSSR count). The molecule has 2 aliphatic rings. The van der Waals surface area contributed by atoms with Crippen LogP contribution in [0.2, 0.25) is 5.02 Å². The van der Waals surface area contributed by atoms with Crippen LogP contribution < -0.4 is 9.64 Å². The van der Waals surface area contributed by atoms with Gasteiger partial charge in [-0.3, -0.25) is 0 Å². The van der Waals surface area contributed by atoms with E-state index in [2.05, 4.69) is 9.88 Å². The van der Waals surface area contributed by atoms with Crippen molar-refractivity contribution in [3.05, 3.63) is 70.4 Å². The molecule has 1 fully saturated rings. The molecule has 1 aromatic heterocycles. The van der Waals surface area contributed by atoms with E-state index in [0.29, 0.717) is 28.6 Å². The Labute approximate surface area is 207 Å². The second kappa shape index (κ2) is 9.67. The van der Waals surface area contributed by atoms with E-state index in [1.54, 1.807) is 0 Å². The zero-order valence-electron chi connectivity index (χ0n) is 18.8. The van der Waals surface area contributed by atoms with Crippen LogP contribution in [0.1, 0.15) is 30.5 Å². The van der Waals surface area contributed by atoms with Gasteiger partial charge in [-0.2, -0.15) is 9.29 Å². The summed E-state index contributed by atoms with van der Waals surface area (Å²) in [5.74, 6) is -1.27. The second-order valence-corrected chi connectivity index (χ2v) is 10.9. The molecular weight excluding hydrogens is 498 g/mol. The van der Waals surface area contributed by atoms with Crippen LogP contribution >= 0.6 is 11.6 Å². The standard InChI is InChI=1S/C24H23ClF2N4O3S/c25-16-4-7-18(8-5-16)35(32,33)31-13-10-21-19(15-31)23(34-22-9-6-17(26)14-20(22)27)29-24(28-21)30-11-2-1-3-12-30/h4-9,14H,1-3,10-13,15H2. The number of ether oxygens (including phenoxy) is 1. The molecular formula is C24H23ClF2N4O3S. The van der Waals surface area contributed by atoms with Gasteiger partial charge < -0.3 is 9.64 Å². The lowest BCUT2D eigenvalue weighted by Crippen LogP contribution is -2.37. The van der Waals surface area contributed by atoms with Crippen LogP contribution in [0.25, 0.3) is 0 Å². The Kier molecular flexibility index (Phi) is 6.61. The smallest absolute Gasteiger partial charge is 0.243 e. The lowest BCUT2D eigenvalue weighted by molar-refractivity contribution is 0.363. The molecule has 0 radical (unpaired) electrons. The third-order valence-electron chi connectivity index (χ3n) is 6.17. The first-order chi connectivity index (χ1) is 16.8. The molecule has 35 heavy (non-hydrogen) atoms. The van der Waals surface area contributed by atoms with Gasteiger partial charge in [-0.05, 0) is 55.7 Å². The van der Waals surface area contributed by atoms with Gasteiger partial charge in [0.25, 0.3) is 0 Å². The number of benzene rings is 2. The summed E-state index contributed by atoms with van der Waals surface area (Å²) in [5, 5.41) is 0.434. The zero-order valence-corrected chi connectivity index (χ0v) is 20.3. The summed E-state index contributed by atoms with van der Waals surface area (Å²) in [6.07, 6.45) is 3.49. The van der Waals surface area contributed by atoms with Crippen LogP contribution in [0.4, 0.5) is 14.7 Å². The Morgan fingerprint density at radius 1 is 0.943 bits per heavy atom. The van der Waals surface area contributed by atoms with Crippen LogP contribution in [-0.2, 0) is 23.0 Å². The minimum Gasteiger partial charge on any atom is -0.435 e. The van der Waals surface area contributed by atoms with Gasteiger partial charge in [0, 0.05) is 43.7 Å². The molecule has 3 aromatic rings. The SMILES string of the molecule is O=S(=O)(c1ccc(Cl)cc1)N1CCc2nc(N3CCCCC3)nc(Oc3ccc(F)cc3F)c2C1. The second-order valence-electron chi connectivity index (χ2n) is 8.52. The predicted octanol–water partition coefficient (Wildman–Crippen LogP) is 4.94. The van der Waals surface area contributed by atoms with Crippen LogP contribution in [0.5, 0.6) is 11.6 Å². The van der Waals surface area contributed by atoms with E-state index >= 15 is 0 Å². The summed E-state index contributed by atoms with van der Waals surface area (Å²) >= 11 is 5.91. The topological polar surface area (TPSA) is 75.6 Å². The van der Waals surface area contributed by atoms with Gasteiger partial charge in [-0.1, -0.05) is 11.6 Å². The van der Waals surface area contributed by atoms with Crippen molar-refractivity contribution in [2.75, 3.05) is 24.5 Å². The van der Waals surface area contributed by atoms with Gasteiger partial charge in [-0.15, -0.1) is 0 Å². The Balaban J connectivity index is 1.53. The Morgan fingerprint density at radius 3 is 2.40 bits per heavy atom. The highest BCUT2D eigenvalue weighted by Crippen LogP contribution is 2.35. The Morgan fingerprint density at radius 2 is 1.69 bits per heavy atom. The summed E-state index contributed by atoms with van der Waals surface area (Å²) in [6, 6.07) is 8.95. The number of sulfonamides is 1. The first-order valence-electron chi connectivity index (χ1n) is 11.3. The van der Waals surface area contributed by atoms with Crippen molar-refractivity contribution in [3.8, 4) is 11.6 Å². The maximum absolute atomic E-state index is 14.4. The fourth-order valence-electron chi connectivity index (χ4n) is 4.29. The summed E-state index contributed by atoms with van der Waals surface area (Å²) < 4.78 is 61.5. The number of hydrogen-bond donors (Lipinski definition) is 0. The van der Waals surface area contributed by atoms with Gasteiger partial charge >= 0.3 is 0 Å². The Hall–Kier alpha value is -2.82. The molecule has 2 aromatic carbocycles. The number of fused-ring (bicyclic) bond motifs is 1. The normalized spacial score (nSPS) is 16.7. The van der Waals surface area contributed by atoms with Crippen LogP contribution in [0.15, 0.2) is 47.4 Å². The van der Waals surface area contributed by atoms with E-state index in [0.717, 1.165) is 44.5 Å². The molecule has 2 aliphatic heterocycles. The molecule has 0 aliphatic carbocycles. The molecule has 0 amide bonds. The van der Waals surface area contributed by atoms with E-state index in [1.165, 1.54) is 34.6 Å². The lowest BCUT2D eigenvalue weighted by Gasteiger charge is -2.31. The molecule has 1 saturated heterocycles. The van der Waals surface area contributed by atoms with Gasteiger partial charge in [0.05, 0.1) is 16.2 Å². The highest BCUT2D eigenvalue weighted by atomic mass is 35.5. The molecule has 0 atom stereocenters. The molecule has 11 heteroatoms. The van der Waals surface area contributed by atoms with Crippen molar-refractivity contribution in [2.24, 2.45) is 0 Å². The number of aromatic nitrogens is 2. The van der Waals surface area contributed by atoms with E-state index in [1.807, 2.05) is 0 Å². The molecule has 7 nitrogen and oxygen atoms in total. The summed E-state index contributed by atoms with van der Waals surface area (Å²) in [5.41, 5.74) is 1.11. The molecule has 0 bridgehead atoms. The maximum Gasteiger partial charge on any atom is 0.243 e. The summed E-state index contributed by atoms with van der Waals surface area (Å²) in [7, 11) is -3.83. The fraction of sp³-hybridized carbons (Fsp3) is 0.333. The zero-order chi connectivity index (χ0) is 24.6. The lowest BCUT2D eigenvalue weighted by atomic mass is 10.1. The number of rotatable bonds is 5. The molecule has 184 valence electrons. The van der Waals surface area contributed by atoms with Gasteiger partial charge in [0.2, 0.25) is 21.9 Å². The first kappa shape index (κ1) is 23.9. The highest BCUT2D eigenvalue weighted by molar-refractivity contribution is 7.89. The van der Waals surface area contributed by atoms with Crippen LogP contribution in [0, 0.1) is 11.6 Å². The number of piperidine rings is 1. The molecule has 0 spiro atoms. The van der Waals surface area contributed by atoms with E-state index < -0.39 is 21.7 Å². The Bertz CT molecular complexity index is 1350. The van der Waals surface area contributed by atoms with E-state index in [9.17, 15) is 17.2 Å². The van der Waals surface area contributed by atoms with Crippen molar-refractivity contribution in [1.29, 1.82) is 0 Å². The third-order valence-corrected chi connectivity index (χ3v) is 8.28. The van der Waals surface area contributed by atoms with Gasteiger partial charge in [-0.25, -0.2) is 22.2 Å².